The quantitative estimate of drug-likeness (QED) is 0.365. The van der Waals surface area contributed by atoms with Gasteiger partial charge in [0.15, 0.2) is 0 Å². The van der Waals surface area contributed by atoms with Crippen LogP contribution < -0.4 is 9.47 Å². The average Bonchev–Trinajstić information content (AvgIpc) is 2.54. The zero-order chi connectivity index (χ0) is 17.9. The number of alkyl halides is 3. The van der Waals surface area contributed by atoms with Crippen LogP contribution >= 0.6 is 0 Å². The van der Waals surface area contributed by atoms with Crippen LogP contribution in [0.2, 0.25) is 0 Å². The number of halogens is 3. The number of nitro groups is 1. The van der Waals surface area contributed by atoms with Crippen molar-refractivity contribution >= 4 is 11.7 Å². The molecular formula is C15H10F3NO5. The van der Waals surface area contributed by atoms with Crippen molar-refractivity contribution in [1.29, 1.82) is 0 Å². The number of carbonyl (C=O) groups is 1. The Kier molecular flexibility index (Phi) is 4.72. The zero-order valence-corrected chi connectivity index (χ0v) is 12.2. The van der Waals surface area contributed by atoms with E-state index in [1.54, 1.807) is 0 Å². The van der Waals surface area contributed by atoms with E-state index in [1.165, 1.54) is 13.2 Å². The van der Waals surface area contributed by atoms with Crippen LogP contribution in [0.4, 0.5) is 18.9 Å². The summed E-state index contributed by atoms with van der Waals surface area (Å²) in [6, 6.07) is 7.05. The Hall–Kier alpha value is -3.10. The first-order valence-corrected chi connectivity index (χ1v) is 6.44. The van der Waals surface area contributed by atoms with Crippen molar-refractivity contribution in [3.8, 4) is 11.5 Å². The predicted molar refractivity (Wildman–Crippen MR) is 76.1 cm³/mol. The summed E-state index contributed by atoms with van der Waals surface area (Å²) in [7, 11) is 1.30. The largest absolute Gasteiger partial charge is 0.496 e. The number of benzene rings is 2. The van der Waals surface area contributed by atoms with Crippen LogP contribution in [0.1, 0.15) is 15.9 Å². The highest BCUT2D eigenvalue weighted by Gasteiger charge is 2.31. The van der Waals surface area contributed by atoms with Gasteiger partial charge in [-0.1, -0.05) is 6.07 Å². The highest BCUT2D eigenvalue weighted by molar-refractivity contribution is 5.91. The number of methoxy groups -OCH3 is 1. The molecule has 0 aliphatic heterocycles. The second-order valence-electron chi connectivity index (χ2n) is 4.56. The smallest absolute Gasteiger partial charge is 0.416 e. The second-order valence-corrected chi connectivity index (χ2v) is 4.56. The Morgan fingerprint density at radius 3 is 2.46 bits per heavy atom. The molecule has 0 bridgehead atoms. The molecular weight excluding hydrogens is 331 g/mol. The lowest BCUT2D eigenvalue weighted by Gasteiger charge is -2.09. The Morgan fingerprint density at radius 2 is 1.88 bits per heavy atom. The normalized spacial score (nSPS) is 11.0. The van der Waals surface area contributed by atoms with E-state index in [0.29, 0.717) is 6.07 Å². The number of esters is 1. The van der Waals surface area contributed by atoms with Crippen LogP contribution in [0.5, 0.6) is 11.5 Å². The van der Waals surface area contributed by atoms with Gasteiger partial charge in [0.05, 0.1) is 29.2 Å². The summed E-state index contributed by atoms with van der Waals surface area (Å²) < 4.78 is 47.7. The maximum atomic E-state index is 12.7. The number of nitrogens with zero attached hydrogens (tertiary/aromatic N) is 1. The predicted octanol–water partition coefficient (Wildman–Crippen LogP) is 3.84. The number of nitro benzene ring substituents is 1. The number of hydrogen-bond acceptors (Lipinski definition) is 5. The van der Waals surface area contributed by atoms with Gasteiger partial charge in [-0.3, -0.25) is 10.1 Å². The fourth-order valence-electron chi connectivity index (χ4n) is 1.83. The Balaban J connectivity index is 2.32. The molecule has 0 N–H and O–H groups in total. The Morgan fingerprint density at radius 1 is 1.17 bits per heavy atom. The molecule has 0 saturated carbocycles. The second kappa shape index (κ2) is 6.57. The third-order valence-corrected chi connectivity index (χ3v) is 2.99. The maximum absolute atomic E-state index is 12.7. The van der Waals surface area contributed by atoms with Crippen molar-refractivity contribution in [3.05, 3.63) is 63.7 Å². The van der Waals surface area contributed by atoms with Crippen LogP contribution in [-0.2, 0) is 6.18 Å². The van der Waals surface area contributed by atoms with Crippen molar-refractivity contribution in [1.82, 2.24) is 0 Å². The minimum absolute atomic E-state index is 0.167. The molecule has 0 amide bonds. The summed E-state index contributed by atoms with van der Waals surface area (Å²) in [4.78, 5) is 22.2. The number of carbonyl (C=O) groups excluding carboxylic acids is 1. The van der Waals surface area contributed by atoms with Crippen LogP contribution in [0.15, 0.2) is 42.5 Å². The Labute approximate surface area is 133 Å². The first-order valence-electron chi connectivity index (χ1n) is 6.44. The summed E-state index contributed by atoms with van der Waals surface area (Å²) >= 11 is 0. The molecule has 0 radical (unpaired) electrons. The molecule has 0 aliphatic carbocycles. The Bertz CT molecular complexity index is 789. The molecule has 2 rings (SSSR count). The fraction of sp³-hybridized carbons (Fsp3) is 0.133. The summed E-state index contributed by atoms with van der Waals surface area (Å²) in [5, 5.41) is 11.0. The highest BCUT2D eigenvalue weighted by Crippen LogP contribution is 2.32. The summed E-state index contributed by atoms with van der Waals surface area (Å²) in [6.07, 6.45) is -4.62. The molecule has 126 valence electrons. The zero-order valence-electron chi connectivity index (χ0n) is 12.2. The molecule has 0 aliphatic rings. The van der Waals surface area contributed by atoms with Crippen molar-refractivity contribution in [2.45, 2.75) is 6.18 Å². The van der Waals surface area contributed by atoms with Gasteiger partial charge in [0, 0.05) is 0 Å². The van der Waals surface area contributed by atoms with Gasteiger partial charge in [-0.2, -0.15) is 13.2 Å². The number of rotatable bonds is 4. The third-order valence-electron chi connectivity index (χ3n) is 2.99. The molecule has 9 heteroatoms. The number of hydrogen-bond donors (Lipinski definition) is 0. The minimum atomic E-state index is -4.62. The monoisotopic (exact) mass is 341 g/mol. The summed E-state index contributed by atoms with van der Waals surface area (Å²) in [6.45, 7) is 0. The topological polar surface area (TPSA) is 78.7 Å². The van der Waals surface area contributed by atoms with E-state index >= 15 is 0 Å². The number of ether oxygens (including phenoxy) is 2. The highest BCUT2D eigenvalue weighted by atomic mass is 19.4. The average molecular weight is 341 g/mol. The van der Waals surface area contributed by atoms with Crippen LogP contribution in [0, 0.1) is 10.1 Å². The van der Waals surface area contributed by atoms with Gasteiger partial charge in [-0.05, 0) is 30.3 Å². The third kappa shape index (κ3) is 3.80. The lowest BCUT2D eigenvalue weighted by molar-refractivity contribution is -0.385. The van der Waals surface area contributed by atoms with Gasteiger partial charge in [0.25, 0.3) is 0 Å². The standard InChI is InChI=1S/C15H10F3NO5/c1-23-11-5-6-13(12(8-11)19(21)22)24-14(20)9-3-2-4-10(7-9)15(16,17)18/h2-8H,1H3. The molecule has 0 atom stereocenters. The van der Waals surface area contributed by atoms with E-state index in [2.05, 4.69) is 0 Å². The fourth-order valence-corrected chi connectivity index (χ4v) is 1.83. The van der Waals surface area contributed by atoms with Crippen molar-refractivity contribution in [3.63, 3.8) is 0 Å². The van der Waals surface area contributed by atoms with Gasteiger partial charge in [-0.25, -0.2) is 4.79 Å². The van der Waals surface area contributed by atoms with Crippen molar-refractivity contribution in [2.24, 2.45) is 0 Å². The molecule has 0 fully saturated rings. The lowest BCUT2D eigenvalue weighted by atomic mass is 10.1. The van der Waals surface area contributed by atoms with Crippen LogP contribution in [0.25, 0.3) is 0 Å². The molecule has 2 aromatic carbocycles. The maximum Gasteiger partial charge on any atom is 0.416 e. The van der Waals surface area contributed by atoms with E-state index in [-0.39, 0.29) is 11.3 Å². The lowest BCUT2D eigenvalue weighted by Crippen LogP contribution is -2.12. The molecule has 0 unspecified atom stereocenters. The molecule has 6 nitrogen and oxygen atoms in total. The molecule has 2 aromatic rings. The minimum Gasteiger partial charge on any atom is -0.496 e. The van der Waals surface area contributed by atoms with Gasteiger partial charge in [-0.15, -0.1) is 0 Å². The molecule has 0 heterocycles. The SMILES string of the molecule is COc1ccc(OC(=O)c2cccc(C(F)(F)F)c2)c([N+](=O)[O-])c1. The van der Waals surface area contributed by atoms with Crippen molar-refractivity contribution in [2.75, 3.05) is 7.11 Å². The molecule has 0 saturated heterocycles. The first-order chi connectivity index (χ1) is 11.2. The van der Waals surface area contributed by atoms with E-state index in [0.717, 1.165) is 30.3 Å². The van der Waals surface area contributed by atoms with E-state index in [1.807, 2.05) is 0 Å². The molecule has 0 spiro atoms. The van der Waals surface area contributed by atoms with E-state index in [9.17, 15) is 28.1 Å². The summed E-state index contributed by atoms with van der Waals surface area (Å²) in [5.74, 6) is -1.38. The molecule has 0 aromatic heterocycles. The van der Waals surface area contributed by atoms with Gasteiger partial charge in [0.1, 0.15) is 5.75 Å². The van der Waals surface area contributed by atoms with Gasteiger partial charge in [0.2, 0.25) is 5.75 Å². The van der Waals surface area contributed by atoms with E-state index in [4.69, 9.17) is 9.47 Å². The van der Waals surface area contributed by atoms with Gasteiger partial charge < -0.3 is 9.47 Å². The molecule has 24 heavy (non-hydrogen) atoms. The summed E-state index contributed by atoms with van der Waals surface area (Å²) in [5.41, 5.74) is -1.95. The van der Waals surface area contributed by atoms with Crippen LogP contribution in [-0.4, -0.2) is 18.0 Å². The van der Waals surface area contributed by atoms with Gasteiger partial charge >= 0.3 is 17.8 Å². The van der Waals surface area contributed by atoms with Crippen molar-refractivity contribution < 1.29 is 32.4 Å². The van der Waals surface area contributed by atoms with E-state index < -0.39 is 34.1 Å². The van der Waals surface area contributed by atoms with Crippen LogP contribution in [0.3, 0.4) is 0 Å². The first kappa shape index (κ1) is 17.3.